The minimum atomic E-state index is -3.66. The number of benzene rings is 2. The first-order valence-corrected chi connectivity index (χ1v) is 9.96. The molecule has 26 heavy (non-hydrogen) atoms. The monoisotopic (exact) mass is 396 g/mol. The fourth-order valence-electron chi connectivity index (χ4n) is 2.35. The van der Waals surface area contributed by atoms with Crippen LogP contribution in [0.2, 0.25) is 5.02 Å². The van der Waals surface area contributed by atoms with Crippen LogP contribution in [0.1, 0.15) is 13.8 Å². The molecule has 1 amide bonds. The van der Waals surface area contributed by atoms with Gasteiger partial charge in [-0.1, -0.05) is 11.6 Å². The van der Waals surface area contributed by atoms with Gasteiger partial charge in [0.25, 0.3) is 0 Å². The molecule has 0 aromatic heterocycles. The predicted molar refractivity (Wildman–Crippen MR) is 102 cm³/mol. The van der Waals surface area contributed by atoms with Crippen LogP contribution in [0, 0.1) is 0 Å². The second-order valence-corrected chi connectivity index (χ2v) is 7.65. The zero-order valence-electron chi connectivity index (χ0n) is 14.6. The fraction of sp³-hybridized carbons (Fsp3) is 0.278. The molecule has 0 saturated carbocycles. The van der Waals surface area contributed by atoms with Crippen molar-refractivity contribution < 1.29 is 17.9 Å². The quantitative estimate of drug-likeness (QED) is 0.744. The van der Waals surface area contributed by atoms with E-state index in [4.69, 9.17) is 16.3 Å². The molecule has 0 saturated heterocycles. The predicted octanol–water partition coefficient (Wildman–Crippen LogP) is 3.07. The molecule has 0 spiro atoms. The van der Waals surface area contributed by atoms with Crippen LogP contribution in [0.25, 0.3) is 0 Å². The van der Waals surface area contributed by atoms with Crippen molar-refractivity contribution in [2.45, 2.75) is 18.7 Å². The van der Waals surface area contributed by atoms with Crippen molar-refractivity contribution in [3.63, 3.8) is 0 Å². The molecule has 1 N–H and O–H groups in total. The van der Waals surface area contributed by atoms with Crippen LogP contribution in [0.15, 0.2) is 53.4 Å². The van der Waals surface area contributed by atoms with Crippen LogP contribution in [0.4, 0.5) is 5.69 Å². The Labute approximate surface area is 158 Å². The Balaban J connectivity index is 2.02. The van der Waals surface area contributed by atoms with Gasteiger partial charge in [-0.25, -0.2) is 13.1 Å². The maximum Gasteiger partial charge on any atom is 0.240 e. The summed E-state index contributed by atoms with van der Waals surface area (Å²) < 4.78 is 32.4. The van der Waals surface area contributed by atoms with E-state index in [1.54, 1.807) is 24.3 Å². The summed E-state index contributed by atoms with van der Waals surface area (Å²) in [5, 5.41) is 0.460. The first-order valence-electron chi connectivity index (χ1n) is 8.09. The zero-order chi connectivity index (χ0) is 19.2. The zero-order valence-corrected chi connectivity index (χ0v) is 16.2. The minimum Gasteiger partial charge on any atom is -0.494 e. The number of nitrogens with one attached hydrogen (secondary N) is 1. The molecule has 2 rings (SSSR count). The molecular formula is C18H21ClN2O4S. The first kappa shape index (κ1) is 20.2. The highest BCUT2D eigenvalue weighted by atomic mass is 35.5. The standard InChI is InChI=1S/C18H21ClN2O4S/c1-3-25-17-8-6-16(7-9-17)21(14(2)22)13-12-20-26(23,24)18-10-4-15(19)5-11-18/h4-11,20H,3,12-13H2,1-2H3. The van der Waals surface area contributed by atoms with Crippen LogP contribution >= 0.6 is 11.6 Å². The average Bonchev–Trinajstić information content (AvgIpc) is 2.60. The number of anilines is 1. The molecule has 0 heterocycles. The maximum absolute atomic E-state index is 12.3. The van der Waals surface area contributed by atoms with E-state index in [0.29, 0.717) is 23.1 Å². The number of hydrogen-bond donors (Lipinski definition) is 1. The molecule has 0 aliphatic carbocycles. The summed E-state index contributed by atoms with van der Waals surface area (Å²) in [7, 11) is -3.66. The molecule has 0 radical (unpaired) electrons. The molecule has 0 fully saturated rings. The lowest BCUT2D eigenvalue weighted by Gasteiger charge is -2.21. The van der Waals surface area contributed by atoms with Crippen molar-refractivity contribution in [1.82, 2.24) is 4.72 Å². The number of amides is 1. The lowest BCUT2D eigenvalue weighted by atomic mass is 10.2. The summed E-state index contributed by atoms with van der Waals surface area (Å²) in [6.07, 6.45) is 0. The highest BCUT2D eigenvalue weighted by Crippen LogP contribution is 2.20. The number of rotatable bonds is 8. The largest absolute Gasteiger partial charge is 0.494 e. The van der Waals surface area contributed by atoms with Gasteiger partial charge in [-0.2, -0.15) is 0 Å². The van der Waals surface area contributed by atoms with Gasteiger partial charge in [0, 0.05) is 30.7 Å². The Bertz CT molecular complexity index is 836. The maximum atomic E-state index is 12.3. The third kappa shape index (κ3) is 5.45. The highest BCUT2D eigenvalue weighted by Gasteiger charge is 2.16. The Morgan fingerprint density at radius 3 is 2.27 bits per heavy atom. The SMILES string of the molecule is CCOc1ccc(N(CCNS(=O)(=O)c2ccc(Cl)cc2)C(C)=O)cc1. The van der Waals surface area contributed by atoms with Crippen molar-refractivity contribution >= 4 is 33.2 Å². The molecular weight excluding hydrogens is 376 g/mol. The smallest absolute Gasteiger partial charge is 0.240 e. The highest BCUT2D eigenvalue weighted by molar-refractivity contribution is 7.89. The summed E-state index contributed by atoms with van der Waals surface area (Å²) in [6, 6.07) is 13.0. The summed E-state index contributed by atoms with van der Waals surface area (Å²) in [4.78, 5) is 13.5. The van der Waals surface area contributed by atoms with Gasteiger partial charge in [-0.3, -0.25) is 4.79 Å². The number of hydrogen-bond acceptors (Lipinski definition) is 4. The van der Waals surface area contributed by atoms with Crippen molar-refractivity contribution in [2.24, 2.45) is 0 Å². The summed E-state index contributed by atoms with van der Waals surface area (Å²) >= 11 is 5.77. The Kier molecular flexibility index (Phi) is 7.02. The average molecular weight is 397 g/mol. The van der Waals surface area contributed by atoms with Crippen molar-refractivity contribution in [2.75, 3.05) is 24.6 Å². The summed E-state index contributed by atoms with van der Waals surface area (Å²) in [5.41, 5.74) is 0.673. The Morgan fingerprint density at radius 1 is 1.12 bits per heavy atom. The Morgan fingerprint density at radius 2 is 1.73 bits per heavy atom. The van der Waals surface area contributed by atoms with E-state index < -0.39 is 10.0 Å². The molecule has 6 nitrogen and oxygen atoms in total. The lowest BCUT2D eigenvalue weighted by molar-refractivity contribution is -0.116. The lowest BCUT2D eigenvalue weighted by Crippen LogP contribution is -2.37. The van der Waals surface area contributed by atoms with Gasteiger partial charge in [-0.05, 0) is 55.5 Å². The van der Waals surface area contributed by atoms with Gasteiger partial charge in [-0.15, -0.1) is 0 Å². The minimum absolute atomic E-state index is 0.0811. The van der Waals surface area contributed by atoms with Crippen molar-refractivity contribution in [3.8, 4) is 5.75 Å². The van der Waals surface area contributed by atoms with Crippen LogP contribution in [0.3, 0.4) is 0 Å². The van der Waals surface area contributed by atoms with Crippen molar-refractivity contribution in [3.05, 3.63) is 53.6 Å². The molecule has 0 bridgehead atoms. The number of sulfonamides is 1. The number of halogens is 1. The van der Waals surface area contributed by atoms with Gasteiger partial charge in [0.2, 0.25) is 15.9 Å². The first-order chi connectivity index (χ1) is 12.3. The number of carbonyl (C=O) groups excluding carboxylic acids is 1. The molecule has 2 aromatic carbocycles. The molecule has 0 aliphatic rings. The second kappa shape index (κ2) is 9.02. The van der Waals surface area contributed by atoms with E-state index in [9.17, 15) is 13.2 Å². The fourth-order valence-corrected chi connectivity index (χ4v) is 3.49. The number of ether oxygens (including phenoxy) is 1. The van der Waals surface area contributed by atoms with Crippen LogP contribution in [-0.4, -0.2) is 34.0 Å². The molecule has 0 aliphatic heterocycles. The summed E-state index contributed by atoms with van der Waals surface area (Å²) in [6.45, 7) is 4.17. The second-order valence-electron chi connectivity index (χ2n) is 5.45. The summed E-state index contributed by atoms with van der Waals surface area (Å²) in [5.74, 6) is 0.531. The van der Waals surface area contributed by atoms with Crippen LogP contribution in [-0.2, 0) is 14.8 Å². The van der Waals surface area contributed by atoms with Gasteiger partial charge < -0.3 is 9.64 Å². The van der Waals surface area contributed by atoms with Crippen molar-refractivity contribution in [1.29, 1.82) is 0 Å². The van der Waals surface area contributed by atoms with E-state index in [2.05, 4.69) is 4.72 Å². The van der Waals surface area contributed by atoms with Crippen LogP contribution < -0.4 is 14.4 Å². The van der Waals surface area contributed by atoms with E-state index in [1.165, 1.54) is 36.1 Å². The van der Waals surface area contributed by atoms with E-state index in [-0.39, 0.29) is 23.9 Å². The Hall–Kier alpha value is -2.09. The van der Waals surface area contributed by atoms with E-state index in [1.807, 2.05) is 6.92 Å². The van der Waals surface area contributed by atoms with Gasteiger partial charge >= 0.3 is 0 Å². The molecule has 8 heteroatoms. The van der Waals surface area contributed by atoms with Gasteiger partial charge in [0.15, 0.2) is 0 Å². The van der Waals surface area contributed by atoms with Gasteiger partial charge in [0.1, 0.15) is 5.75 Å². The number of carbonyl (C=O) groups is 1. The van der Waals surface area contributed by atoms with Crippen LogP contribution in [0.5, 0.6) is 5.75 Å². The van der Waals surface area contributed by atoms with E-state index >= 15 is 0 Å². The third-order valence-electron chi connectivity index (χ3n) is 3.59. The third-order valence-corrected chi connectivity index (χ3v) is 5.32. The van der Waals surface area contributed by atoms with Gasteiger partial charge in [0.05, 0.1) is 11.5 Å². The molecule has 140 valence electrons. The molecule has 0 unspecified atom stereocenters. The topological polar surface area (TPSA) is 75.7 Å². The normalized spacial score (nSPS) is 11.2. The molecule has 2 aromatic rings. The number of nitrogens with zero attached hydrogens (tertiary/aromatic N) is 1. The molecule has 0 atom stereocenters. The van der Waals surface area contributed by atoms with E-state index in [0.717, 1.165) is 0 Å².